The molecule has 0 radical (unpaired) electrons. The van der Waals surface area contributed by atoms with E-state index >= 15 is 0 Å². The van der Waals surface area contributed by atoms with E-state index in [0.717, 1.165) is 17.7 Å². The Balaban J connectivity index is 1.38. The quantitative estimate of drug-likeness (QED) is 0.721. The summed E-state index contributed by atoms with van der Waals surface area (Å²) >= 11 is 0. The van der Waals surface area contributed by atoms with Gasteiger partial charge in [-0.3, -0.25) is 9.59 Å². The number of fused-ring (bicyclic) bond motifs is 1. The molecule has 32 heavy (non-hydrogen) atoms. The molecule has 1 saturated heterocycles. The lowest BCUT2D eigenvalue weighted by Gasteiger charge is -2.26. The second kappa shape index (κ2) is 9.61. The molecule has 7 nitrogen and oxygen atoms in total. The molecule has 4 rings (SSSR count). The zero-order chi connectivity index (χ0) is 22.7. The number of rotatable bonds is 7. The van der Waals surface area contributed by atoms with Crippen LogP contribution >= 0.6 is 0 Å². The summed E-state index contributed by atoms with van der Waals surface area (Å²) in [6, 6.07) is 14.0. The molecule has 2 aliphatic rings. The number of hydrogen-bond donors (Lipinski definition) is 1. The molecule has 7 heteroatoms. The van der Waals surface area contributed by atoms with Gasteiger partial charge in [0.25, 0.3) is 0 Å². The van der Waals surface area contributed by atoms with Crippen LogP contribution in [0.2, 0.25) is 0 Å². The lowest BCUT2D eigenvalue weighted by molar-refractivity contribution is -0.126. The monoisotopic (exact) mass is 437 g/mol. The lowest BCUT2D eigenvalue weighted by atomic mass is 10.0. The van der Waals surface area contributed by atoms with Gasteiger partial charge in [0.1, 0.15) is 13.2 Å². The summed E-state index contributed by atoms with van der Waals surface area (Å²) in [5.41, 5.74) is 3.18. The van der Waals surface area contributed by atoms with Crippen molar-refractivity contribution in [2.24, 2.45) is 5.92 Å². The fraction of sp³-hybridized carbons (Fsp3) is 0.440. The Kier molecular flexibility index (Phi) is 6.65. The fourth-order valence-electron chi connectivity index (χ4n) is 4.25. The molecule has 2 atom stereocenters. The van der Waals surface area contributed by atoms with Gasteiger partial charge in [0, 0.05) is 31.3 Å². The smallest absolute Gasteiger partial charge is 0.227 e. The Labute approximate surface area is 189 Å². The number of amides is 2. The van der Waals surface area contributed by atoms with E-state index in [1.807, 2.05) is 32.3 Å². The topological polar surface area (TPSA) is 71.1 Å². The van der Waals surface area contributed by atoms with E-state index in [1.165, 1.54) is 5.56 Å². The van der Waals surface area contributed by atoms with Crippen LogP contribution in [0.5, 0.6) is 11.5 Å². The zero-order valence-corrected chi connectivity index (χ0v) is 19.0. The van der Waals surface area contributed by atoms with Gasteiger partial charge < -0.3 is 24.6 Å². The number of carbonyl (C=O) groups is 2. The van der Waals surface area contributed by atoms with Crippen LogP contribution in [0, 0.1) is 5.92 Å². The van der Waals surface area contributed by atoms with Crippen LogP contribution in [0.3, 0.4) is 0 Å². The Hall–Kier alpha value is -3.06. The summed E-state index contributed by atoms with van der Waals surface area (Å²) in [4.78, 5) is 29.3. The lowest BCUT2D eigenvalue weighted by Crippen LogP contribution is -2.38. The number of ether oxygens (including phenoxy) is 2. The molecule has 1 fully saturated rings. The molecule has 0 bridgehead atoms. The molecule has 2 aliphatic heterocycles. The molecule has 2 unspecified atom stereocenters. The number of anilines is 1. The third-order valence-electron chi connectivity index (χ3n) is 6.20. The molecule has 2 aromatic carbocycles. The number of likely N-dealkylation sites (N-methyl/N-ethyl adjacent to an activating group) is 1. The third-order valence-corrected chi connectivity index (χ3v) is 6.20. The third kappa shape index (κ3) is 4.72. The number of hydrogen-bond acceptors (Lipinski definition) is 5. The van der Waals surface area contributed by atoms with Gasteiger partial charge in [0.15, 0.2) is 11.5 Å². The van der Waals surface area contributed by atoms with Crippen LogP contribution in [0.4, 0.5) is 5.69 Å². The number of nitrogens with one attached hydrogen (secondary N) is 1. The van der Waals surface area contributed by atoms with Crippen LogP contribution in [-0.2, 0) is 16.0 Å². The minimum Gasteiger partial charge on any atom is -0.486 e. The highest BCUT2D eigenvalue weighted by Gasteiger charge is 2.35. The first-order valence-electron chi connectivity index (χ1n) is 11.2. The SMILES string of the molecule is CCc1ccc(C(CNC(=O)C2CC(=O)N(c3ccc4c(c3)OCCO4)C2)N(C)C)cc1. The molecule has 170 valence electrons. The van der Waals surface area contributed by atoms with Crippen molar-refractivity contribution in [1.29, 1.82) is 0 Å². The summed E-state index contributed by atoms with van der Waals surface area (Å²) in [6.45, 7) is 4.00. The van der Waals surface area contributed by atoms with Crippen LogP contribution < -0.4 is 19.7 Å². The normalized spacial score (nSPS) is 18.7. The van der Waals surface area contributed by atoms with Crippen molar-refractivity contribution in [2.75, 3.05) is 45.3 Å². The first-order valence-corrected chi connectivity index (χ1v) is 11.2. The average molecular weight is 438 g/mol. The van der Waals surface area contributed by atoms with Gasteiger partial charge in [-0.2, -0.15) is 0 Å². The molecule has 0 spiro atoms. The van der Waals surface area contributed by atoms with E-state index in [1.54, 1.807) is 4.90 Å². The van der Waals surface area contributed by atoms with Crippen molar-refractivity contribution < 1.29 is 19.1 Å². The van der Waals surface area contributed by atoms with Crippen molar-refractivity contribution in [3.8, 4) is 11.5 Å². The van der Waals surface area contributed by atoms with E-state index in [0.29, 0.717) is 37.8 Å². The summed E-state index contributed by atoms with van der Waals surface area (Å²) < 4.78 is 11.2. The van der Waals surface area contributed by atoms with Gasteiger partial charge in [0.05, 0.1) is 12.0 Å². The van der Waals surface area contributed by atoms with E-state index in [2.05, 4.69) is 41.4 Å². The van der Waals surface area contributed by atoms with Crippen LogP contribution in [0.25, 0.3) is 0 Å². The Bertz CT molecular complexity index is 974. The summed E-state index contributed by atoms with van der Waals surface area (Å²) in [5.74, 6) is 0.803. The predicted octanol–water partition coefficient (Wildman–Crippen LogP) is 2.79. The number of benzene rings is 2. The number of nitrogens with zero attached hydrogens (tertiary/aromatic N) is 2. The predicted molar refractivity (Wildman–Crippen MR) is 123 cm³/mol. The van der Waals surface area contributed by atoms with Crippen molar-refractivity contribution >= 4 is 17.5 Å². The van der Waals surface area contributed by atoms with Gasteiger partial charge in [-0.15, -0.1) is 0 Å². The Morgan fingerprint density at radius 1 is 1.12 bits per heavy atom. The van der Waals surface area contributed by atoms with E-state index < -0.39 is 0 Å². The summed E-state index contributed by atoms with van der Waals surface area (Å²) in [7, 11) is 4.01. The van der Waals surface area contributed by atoms with Gasteiger partial charge >= 0.3 is 0 Å². The molecule has 2 aromatic rings. The summed E-state index contributed by atoms with van der Waals surface area (Å²) in [6.07, 6.45) is 1.21. The minimum atomic E-state index is -0.374. The maximum Gasteiger partial charge on any atom is 0.227 e. The van der Waals surface area contributed by atoms with Crippen molar-refractivity contribution in [3.05, 3.63) is 53.6 Å². The molecule has 0 aromatic heterocycles. The maximum absolute atomic E-state index is 12.9. The van der Waals surface area contributed by atoms with Crippen LogP contribution in [-0.4, -0.2) is 57.1 Å². The van der Waals surface area contributed by atoms with Gasteiger partial charge in [0.2, 0.25) is 11.8 Å². The molecule has 2 amide bonds. The molecule has 0 saturated carbocycles. The molecular formula is C25H31N3O4. The average Bonchev–Trinajstić information content (AvgIpc) is 3.20. The number of carbonyl (C=O) groups excluding carboxylic acids is 2. The van der Waals surface area contributed by atoms with Crippen molar-refractivity contribution in [1.82, 2.24) is 10.2 Å². The standard InChI is InChI=1S/C25H31N3O4/c1-4-17-5-7-18(8-6-17)21(27(2)3)15-26-25(30)19-13-24(29)28(16-19)20-9-10-22-23(14-20)32-12-11-31-22/h5-10,14,19,21H,4,11-13,15-16H2,1-3H3,(H,26,30). The van der Waals surface area contributed by atoms with Gasteiger partial charge in [-0.25, -0.2) is 0 Å². The molecular weight excluding hydrogens is 406 g/mol. The maximum atomic E-state index is 12.9. The van der Waals surface area contributed by atoms with Crippen LogP contribution in [0.1, 0.15) is 30.5 Å². The first kappa shape index (κ1) is 22.1. The molecule has 2 heterocycles. The first-order chi connectivity index (χ1) is 15.5. The Morgan fingerprint density at radius 3 is 2.53 bits per heavy atom. The van der Waals surface area contributed by atoms with Crippen molar-refractivity contribution in [3.63, 3.8) is 0 Å². The van der Waals surface area contributed by atoms with E-state index in [9.17, 15) is 9.59 Å². The van der Waals surface area contributed by atoms with E-state index in [-0.39, 0.29) is 30.2 Å². The highest BCUT2D eigenvalue weighted by atomic mass is 16.6. The zero-order valence-electron chi connectivity index (χ0n) is 19.0. The second-order valence-electron chi connectivity index (χ2n) is 8.55. The van der Waals surface area contributed by atoms with Gasteiger partial charge in [-0.05, 0) is 43.8 Å². The second-order valence-corrected chi connectivity index (χ2v) is 8.55. The fourth-order valence-corrected chi connectivity index (χ4v) is 4.25. The Morgan fingerprint density at radius 2 is 1.84 bits per heavy atom. The number of aryl methyl sites for hydroxylation is 1. The van der Waals surface area contributed by atoms with Crippen molar-refractivity contribution in [2.45, 2.75) is 25.8 Å². The summed E-state index contributed by atoms with van der Waals surface area (Å²) in [5, 5.41) is 3.07. The molecule has 0 aliphatic carbocycles. The largest absolute Gasteiger partial charge is 0.486 e. The minimum absolute atomic E-state index is 0.0545. The van der Waals surface area contributed by atoms with Crippen LogP contribution in [0.15, 0.2) is 42.5 Å². The molecule has 1 N–H and O–H groups in total. The van der Waals surface area contributed by atoms with Gasteiger partial charge in [-0.1, -0.05) is 31.2 Å². The highest BCUT2D eigenvalue weighted by Crippen LogP contribution is 2.36. The van der Waals surface area contributed by atoms with E-state index in [4.69, 9.17) is 9.47 Å². The highest BCUT2D eigenvalue weighted by molar-refractivity contribution is 6.00.